The van der Waals surface area contributed by atoms with Gasteiger partial charge in [0.2, 0.25) is 0 Å². The zero-order chi connectivity index (χ0) is 20.8. The third-order valence-corrected chi connectivity index (χ3v) is 10.1. The molecule has 0 heterocycles. The van der Waals surface area contributed by atoms with Gasteiger partial charge in [0.1, 0.15) is 6.11 Å². The van der Waals surface area contributed by atoms with E-state index in [0.29, 0.717) is 6.61 Å². The van der Waals surface area contributed by atoms with Crippen LogP contribution in [0, 0.1) is 36.2 Å². The number of rotatable bonds is 11. The summed E-state index contributed by atoms with van der Waals surface area (Å²) in [6.45, 7) is 10.4. The van der Waals surface area contributed by atoms with Crippen LogP contribution in [0.2, 0.25) is 38.3 Å². The highest BCUT2D eigenvalue weighted by Crippen LogP contribution is 2.22. The van der Waals surface area contributed by atoms with Crippen LogP contribution in [-0.4, -0.2) is 35.2 Å². The van der Waals surface area contributed by atoms with E-state index in [4.69, 9.17) is 20.0 Å². The van der Waals surface area contributed by atoms with Gasteiger partial charge in [-0.2, -0.15) is 0 Å². The van der Waals surface area contributed by atoms with Crippen LogP contribution in [-0.2, 0) is 23.2 Å². The summed E-state index contributed by atoms with van der Waals surface area (Å²) in [6, 6.07) is 0.417. The molecule has 0 N–H and O–H groups in total. The van der Waals surface area contributed by atoms with Crippen LogP contribution >= 0.6 is 0 Å². The molecule has 0 rings (SSSR count). The monoisotopic (exact) mass is 406 g/mol. The second-order valence-electron chi connectivity index (χ2n) is 7.35. The lowest BCUT2D eigenvalue weighted by molar-refractivity contribution is -0.141. The van der Waals surface area contributed by atoms with E-state index < -0.39 is 22.6 Å². The average Bonchev–Trinajstić information content (AvgIpc) is 2.52. The minimum atomic E-state index is -2.35. The maximum atomic E-state index is 12.0. The number of hydrogen-bond donors (Lipinski definition) is 0. The first-order valence-electron chi connectivity index (χ1n) is 9.13. The van der Waals surface area contributed by atoms with Crippen molar-refractivity contribution in [3.05, 3.63) is 0 Å². The van der Waals surface area contributed by atoms with Crippen LogP contribution in [0.1, 0.15) is 32.6 Å². The lowest BCUT2D eigenvalue weighted by Gasteiger charge is -2.32. The molecule has 0 radical (unpaired) electrons. The quantitative estimate of drug-likeness (QED) is 0.227. The molecule has 0 aliphatic heterocycles. The summed E-state index contributed by atoms with van der Waals surface area (Å²) >= 11 is 0. The van der Waals surface area contributed by atoms with E-state index in [0.717, 1.165) is 25.7 Å². The van der Waals surface area contributed by atoms with Gasteiger partial charge in [0.25, 0.3) is 0 Å². The Morgan fingerprint density at radius 2 is 1.52 bits per heavy atom. The van der Waals surface area contributed by atoms with E-state index in [2.05, 4.69) is 36.7 Å². The fourth-order valence-electron chi connectivity index (χ4n) is 2.49. The van der Waals surface area contributed by atoms with Crippen molar-refractivity contribution in [2.24, 2.45) is 0 Å². The molecular weight excluding hydrogens is 376 g/mol. The highest BCUT2D eigenvalue weighted by atomic mass is 28.4. The lowest BCUT2D eigenvalue weighted by atomic mass is 10.2. The van der Waals surface area contributed by atoms with Gasteiger partial charge in [0.05, 0.1) is 18.7 Å². The van der Waals surface area contributed by atoms with E-state index >= 15 is 0 Å². The number of carbonyl (C=O) groups is 2. The molecule has 0 aromatic heterocycles. The van der Waals surface area contributed by atoms with Gasteiger partial charge in [-0.05, 0) is 44.4 Å². The number of carbonyl (C=O) groups excluding carboxylic acids is 2. The maximum absolute atomic E-state index is 12.0. The Bertz CT molecular complexity index is 654. The third-order valence-electron chi connectivity index (χ3n) is 3.37. The van der Waals surface area contributed by atoms with Crippen molar-refractivity contribution < 1.29 is 23.2 Å². The number of esters is 2. The minimum absolute atomic E-state index is 0.146. The molecule has 0 aliphatic rings. The standard InChI is InChI=1S/C20H30O5Si2/c1-7-9-11-13-15-23-19(21)17-26(3,4)25-27(5,6)18-20(22)24-16-14-12-10-8-2/h1H,8,10,12,14,16-18H2,2-6H3. The summed E-state index contributed by atoms with van der Waals surface area (Å²) in [5.74, 6) is 8.40. The highest BCUT2D eigenvalue weighted by Gasteiger charge is 2.37. The smallest absolute Gasteiger partial charge is 0.319 e. The molecule has 0 fully saturated rings. The molecule has 0 aliphatic carbocycles. The van der Waals surface area contributed by atoms with Crippen LogP contribution in [0.25, 0.3) is 0 Å². The summed E-state index contributed by atoms with van der Waals surface area (Å²) in [7, 11) is -4.64. The summed E-state index contributed by atoms with van der Waals surface area (Å²) in [5.41, 5.74) is 0. The number of unbranched alkanes of at least 4 members (excludes halogenated alkanes) is 3. The van der Waals surface area contributed by atoms with Gasteiger partial charge in [0, 0.05) is 11.8 Å². The average molecular weight is 407 g/mol. The maximum Gasteiger partial charge on any atom is 0.319 e. The molecule has 0 saturated carbocycles. The van der Waals surface area contributed by atoms with Crippen molar-refractivity contribution in [3.8, 4) is 36.2 Å². The molecule has 0 amide bonds. The molecule has 5 nitrogen and oxygen atoms in total. The summed E-state index contributed by atoms with van der Waals surface area (Å²) in [6.07, 6.45) is 11.4. The number of terminal acetylenes is 1. The molecule has 7 heteroatoms. The Morgan fingerprint density at radius 3 is 2.11 bits per heavy atom. The molecular formula is C20H30O5Si2. The molecule has 0 bridgehead atoms. The van der Waals surface area contributed by atoms with E-state index in [-0.39, 0.29) is 18.1 Å². The molecule has 0 aromatic carbocycles. The topological polar surface area (TPSA) is 61.8 Å². The first-order valence-corrected chi connectivity index (χ1v) is 15.4. The summed E-state index contributed by atoms with van der Waals surface area (Å²) in [5, 5.41) is 0. The predicted molar refractivity (Wildman–Crippen MR) is 111 cm³/mol. The lowest BCUT2D eigenvalue weighted by Crippen LogP contribution is -2.46. The van der Waals surface area contributed by atoms with E-state index in [1.165, 1.54) is 0 Å². The zero-order valence-electron chi connectivity index (χ0n) is 17.1. The van der Waals surface area contributed by atoms with Crippen LogP contribution in [0.15, 0.2) is 0 Å². The Kier molecular flexibility index (Phi) is 12.3. The van der Waals surface area contributed by atoms with Crippen LogP contribution in [0.4, 0.5) is 0 Å². The molecule has 148 valence electrons. The van der Waals surface area contributed by atoms with Gasteiger partial charge in [-0.15, -0.1) is 6.42 Å². The predicted octanol–water partition coefficient (Wildman–Crippen LogP) is 3.68. The van der Waals surface area contributed by atoms with Crippen LogP contribution in [0.3, 0.4) is 0 Å². The third kappa shape index (κ3) is 14.8. The van der Waals surface area contributed by atoms with E-state index in [1.54, 1.807) is 0 Å². The normalized spacial score (nSPS) is 10.5. The van der Waals surface area contributed by atoms with Gasteiger partial charge in [-0.3, -0.25) is 9.59 Å². The molecule has 27 heavy (non-hydrogen) atoms. The van der Waals surface area contributed by atoms with Gasteiger partial charge < -0.3 is 13.6 Å². The first-order chi connectivity index (χ1) is 12.6. The Hall–Kier alpha value is -1.99. The van der Waals surface area contributed by atoms with Crippen molar-refractivity contribution in [3.63, 3.8) is 0 Å². The Balaban J connectivity index is 4.41. The second kappa shape index (κ2) is 13.2. The second-order valence-corrected chi connectivity index (χ2v) is 15.9. The van der Waals surface area contributed by atoms with Gasteiger partial charge in [0.15, 0.2) is 16.6 Å². The largest absolute Gasteiger partial charge is 0.466 e. The fraction of sp³-hybridized carbons (Fsp3) is 0.600. The van der Waals surface area contributed by atoms with Crippen molar-refractivity contribution in [1.82, 2.24) is 0 Å². The van der Waals surface area contributed by atoms with Gasteiger partial charge >= 0.3 is 11.9 Å². The van der Waals surface area contributed by atoms with Crippen LogP contribution < -0.4 is 0 Å². The Morgan fingerprint density at radius 1 is 0.889 bits per heavy atom. The SMILES string of the molecule is C#CC#CC#COC(=O)C[Si](C)(C)O[Si](C)(C)CC(=O)OCCCCCC. The van der Waals surface area contributed by atoms with Gasteiger partial charge in [-0.25, -0.2) is 0 Å². The molecule has 0 unspecified atom stereocenters. The van der Waals surface area contributed by atoms with Crippen molar-refractivity contribution >= 4 is 28.6 Å². The molecule has 0 saturated heterocycles. The first kappa shape index (κ1) is 25.0. The minimum Gasteiger partial charge on any atom is -0.466 e. The molecule has 0 aromatic rings. The summed E-state index contributed by atoms with van der Waals surface area (Å²) < 4.78 is 16.3. The Labute approximate surface area is 165 Å². The molecule has 0 atom stereocenters. The van der Waals surface area contributed by atoms with Crippen molar-refractivity contribution in [2.45, 2.75) is 70.9 Å². The van der Waals surface area contributed by atoms with Gasteiger partial charge in [-0.1, -0.05) is 26.2 Å². The number of hydrogen-bond acceptors (Lipinski definition) is 5. The van der Waals surface area contributed by atoms with Crippen molar-refractivity contribution in [1.29, 1.82) is 0 Å². The summed E-state index contributed by atoms with van der Waals surface area (Å²) in [4.78, 5) is 23.9. The zero-order valence-corrected chi connectivity index (χ0v) is 19.1. The van der Waals surface area contributed by atoms with Crippen LogP contribution in [0.5, 0.6) is 0 Å². The number of ether oxygens (including phenoxy) is 2. The highest BCUT2D eigenvalue weighted by molar-refractivity contribution is 6.87. The van der Waals surface area contributed by atoms with E-state index in [9.17, 15) is 9.59 Å². The van der Waals surface area contributed by atoms with E-state index in [1.807, 2.05) is 26.2 Å². The fourth-order valence-corrected chi connectivity index (χ4v) is 10.6. The molecule has 0 spiro atoms. The van der Waals surface area contributed by atoms with Crippen molar-refractivity contribution in [2.75, 3.05) is 6.61 Å².